The van der Waals surface area contributed by atoms with Gasteiger partial charge in [0.1, 0.15) is 0 Å². The second-order valence-corrected chi connectivity index (χ2v) is 8.07. The first-order valence-electron chi connectivity index (χ1n) is 10.9. The average Bonchev–Trinajstić information content (AvgIpc) is 3.27. The van der Waals surface area contributed by atoms with Gasteiger partial charge in [0.25, 0.3) is 5.91 Å². The molecule has 4 N–H and O–H groups in total. The van der Waals surface area contributed by atoms with E-state index < -0.39 is 0 Å². The molecule has 0 radical (unpaired) electrons. The molecule has 1 amide bonds. The fourth-order valence-corrected chi connectivity index (χ4v) is 3.71. The first-order valence-corrected chi connectivity index (χ1v) is 11.3. The fraction of sp³-hybridized carbons (Fsp3) is 0.250. The SMILES string of the molecule is COC(CCn1cnc2c(NCc3ccc(C(=O)Nc4ccccc4N)cc3)nc(Cl)nc21)OC. The molecule has 0 aliphatic carbocycles. The van der Waals surface area contributed by atoms with Gasteiger partial charge in [-0.1, -0.05) is 24.3 Å². The monoisotopic (exact) mass is 495 g/mol. The Balaban J connectivity index is 1.42. The largest absolute Gasteiger partial charge is 0.397 e. The molecule has 0 saturated carbocycles. The second kappa shape index (κ2) is 11.1. The van der Waals surface area contributed by atoms with E-state index >= 15 is 0 Å². The van der Waals surface area contributed by atoms with Crippen LogP contribution >= 0.6 is 11.6 Å². The number of para-hydroxylation sites is 2. The Morgan fingerprint density at radius 2 is 1.86 bits per heavy atom. The Labute approximate surface area is 207 Å². The van der Waals surface area contributed by atoms with E-state index in [2.05, 4.69) is 25.6 Å². The number of methoxy groups -OCH3 is 2. The number of aromatic nitrogens is 4. The van der Waals surface area contributed by atoms with Crippen molar-refractivity contribution in [1.29, 1.82) is 0 Å². The number of anilines is 3. The van der Waals surface area contributed by atoms with Crippen LogP contribution in [0.4, 0.5) is 17.2 Å². The van der Waals surface area contributed by atoms with Gasteiger partial charge < -0.3 is 30.4 Å². The van der Waals surface area contributed by atoms with Gasteiger partial charge in [0.2, 0.25) is 5.28 Å². The summed E-state index contributed by atoms with van der Waals surface area (Å²) in [6.45, 7) is 1.05. The van der Waals surface area contributed by atoms with E-state index in [9.17, 15) is 4.79 Å². The van der Waals surface area contributed by atoms with Crippen LogP contribution in [0, 0.1) is 0 Å². The first kappa shape index (κ1) is 24.4. The zero-order valence-electron chi connectivity index (χ0n) is 19.4. The summed E-state index contributed by atoms with van der Waals surface area (Å²) in [5.41, 5.74) is 9.68. The van der Waals surface area contributed by atoms with Gasteiger partial charge in [0, 0.05) is 39.3 Å². The van der Waals surface area contributed by atoms with E-state index in [0.717, 1.165) is 5.56 Å². The van der Waals surface area contributed by atoms with Crippen LogP contribution in [0.15, 0.2) is 54.9 Å². The molecule has 10 nitrogen and oxygen atoms in total. The summed E-state index contributed by atoms with van der Waals surface area (Å²) < 4.78 is 12.4. The lowest BCUT2D eigenvalue weighted by Crippen LogP contribution is -2.15. The Kier molecular flexibility index (Phi) is 7.76. The van der Waals surface area contributed by atoms with Crippen LogP contribution in [-0.4, -0.2) is 45.9 Å². The standard InChI is InChI=1S/C24H26ClN7O3/c1-34-19(35-2)11-12-32-14-28-20-21(30-24(25)31-22(20)32)27-13-15-7-9-16(10-8-15)23(33)29-18-6-4-3-5-17(18)26/h3-10,14,19H,11-13,26H2,1-2H3,(H,29,33)(H,27,30,31). The highest BCUT2D eigenvalue weighted by Gasteiger charge is 2.14. The smallest absolute Gasteiger partial charge is 0.255 e. The number of fused-ring (bicyclic) bond motifs is 1. The molecule has 0 fully saturated rings. The van der Waals surface area contributed by atoms with Crippen molar-refractivity contribution in [3.63, 3.8) is 0 Å². The molecule has 4 aromatic rings. The van der Waals surface area contributed by atoms with Gasteiger partial charge in [0.15, 0.2) is 23.3 Å². The zero-order valence-corrected chi connectivity index (χ0v) is 20.1. The summed E-state index contributed by atoms with van der Waals surface area (Å²) in [6.07, 6.45) is 1.99. The number of rotatable bonds is 10. The molecular formula is C24H26ClN7O3. The van der Waals surface area contributed by atoms with Gasteiger partial charge in [-0.15, -0.1) is 0 Å². The van der Waals surface area contributed by atoms with Crippen LogP contribution in [0.3, 0.4) is 0 Å². The number of ether oxygens (including phenoxy) is 2. The molecule has 2 aromatic heterocycles. The number of imidazole rings is 1. The summed E-state index contributed by atoms with van der Waals surface area (Å²) in [6, 6.07) is 14.4. The van der Waals surface area contributed by atoms with Gasteiger partial charge in [-0.3, -0.25) is 4.79 Å². The predicted molar refractivity (Wildman–Crippen MR) is 135 cm³/mol. The van der Waals surface area contributed by atoms with Crippen molar-refractivity contribution in [1.82, 2.24) is 19.5 Å². The molecule has 0 saturated heterocycles. The number of carbonyl (C=O) groups excluding carboxylic acids is 1. The molecule has 0 unspecified atom stereocenters. The minimum Gasteiger partial charge on any atom is -0.397 e. The lowest BCUT2D eigenvalue weighted by molar-refractivity contribution is -0.107. The normalized spacial score (nSPS) is 11.2. The van der Waals surface area contributed by atoms with E-state index in [0.29, 0.717) is 53.4 Å². The van der Waals surface area contributed by atoms with Crippen molar-refractivity contribution in [2.24, 2.45) is 0 Å². The number of amides is 1. The second-order valence-electron chi connectivity index (χ2n) is 7.73. The maximum atomic E-state index is 12.5. The van der Waals surface area contributed by atoms with Crippen LogP contribution in [-0.2, 0) is 22.6 Å². The topological polar surface area (TPSA) is 129 Å². The molecular weight excluding hydrogens is 470 g/mol. The van der Waals surface area contributed by atoms with E-state index in [-0.39, 0.29) is 17.5 Å². The van der Waals surface area contributed by atoms with Crippen molar-refractivity contribution in [3.05, 3.63) is 71.3 Å². The molecule has 11 heteroatoms. The van der Waals surface area contributed by atoms with Gasteiger partial charge >= 0.3 is 0 Å². The maximum absolute atomic E-state index is 12.5. The van der Waals surface area contributed by atoms with Crippen molar-refractivity contribution in [2.75, 3.05) is 30.6 Å². The predicted octanol–water partition coefficient (Wildman–Crippen LogP) is 3.94. The van der Waals surface area contributed by atoms with Gasteiger partial charge in [-0.2, -0.15) is 9.97 Å². The zero-order chi connectivity index (χ0) is 24.8. The molecule has 35 heavy (non-hydrogen) atoms. The third-order valence-electron chi connectivity index (χ3n) is 5.45. The van der Waals surface area contributed by atoms with E-state index in [1.54, 1.807) is 44.8 Å². The molecule has 2 aromatic carbocycles. The lowest BCUT2D eigenvalue weighted by Gasteiger charge is -2.13. The molecule has 0 spiro atoms. The Hall–Kier alpha value is -3.73. The molecule has 0 aliphatic heterocycles. The minimum atomic E-state index is -0.322. The van der Waals surface area contributed by atoms with Gasteiger partial charge in [-0.05, 0) is 41.4 Å². The lowest BCUT2D eigenvalue weighted by atomic mass is 10.1. The number of hydrogen-bond acceptors (Lipinski definition) is 8. The van der Waals surface area contributed by atoms with Crippen LogP contribution in [0.25, 0.3) is 11.2 Å². The number of halogens is 1. The average molecular weight is 496 g/mol. The number of carbonyl (C=O) groups is 1. The molecule has 4 rings (SSSR count). The highest BCUT2D eigenvalue weighted by molar-refractivity contribution is 6.28. The number of aryl methyl sites for hydroxylation is 1. The van der Waals surface area contributed by atoms with Crippen molar-refractivity contribution < 1.29 is 14.3 Å². The van der Waals surface area contributed by atoms with E-state index in [1.165, 1.54) is 0 Å². The number of nitrogen functional groups attached to an aromatic ring is 1. The van der Waals surface area contributed by atoms with Crippen LogP contribution < -0.4 is 16.4 Å². The summed E-state index contributed by atoms with van der Waals surface area (Å²) in [5, 5.41) is 6.20. The Morgan fingerprint density at radius 1 is 1.11 bits per heavy atom. The molecule has 0 bridgehead atoms. The van der Waals surface area contributed by atoms with Crippen LogP contribution in [0.5, 0.6) is 0 Å². The summed E-state index contributed by atoms with van der Waals surface area (Å²) in [7, 11) is 3.19. The van der Waals surface area contributed by atoms with E-state index in [1.807, 2.05) is 28.8 Å². The molecule has 2 heterocycles. The number of nitrogens with one attached hydrogen (secondary N) is 2. The van der Waals surface area contributed by atoms with E-state index in [4.69, 9.17) is 26.8 Å². The Morgan fingerprint density at radius 3 is 2.57 bits per heavy atom. The molecule has 0 atom stereocenters. The van der Waals surface area contributed by atoms with Crippen molar-refractivity contribution >= 4 is 45.9 Å². The van der Waals surface area contributed by atoms with Crippen molar-refractivity contribution in [3.8, 4) is 0 Å². The molecule has 0 aliphatic rings. The fourth-order valence-electron chi connectivity index (χ4n) is 3.55. The Bertz CT molecular complexity index is 1310. The maximum Gasteiger partial charge on any atom is 0.255 e. The highest BCUT2D eigenvalue weighted by atomic mass is 35.5. The summed E-state index contributed by atoms with van der Waals surface area (Å²) in [5.74, 6) is 0.289. The number of benzene rings is 2. The van der Waals surface area contributed by atoms with Gasteiger partial charge in [0.05, 0.1) is 17.7 Å². The van der Waals surface area contributed by atoms with Crippen molar-refractivity contribution in [2.45, 2.75) is 25.8 Å². The van der Waals surface area contributed by atoms with Crippen LogP contribution in [0.2, 0.25) is 5.28 Å². The minimum absolute atomic E-state index is 0.115. The highest BCUT2D eigenvalue weighted by Crippen LogP contribution is 2.22. The van der Waals surface area contributed by atoms with Gasteiger partial charge in [-0.25, -0.2) is 4.98 Å². The number of nitrogens with zero attached hydrogens (tertiary/aromatic N) is 4. The summed E-state index contributed by atoms with van der Waals surface area (Å²) >= 11 is 6.18. The summed E-state index contributed by atoms with van der Waals surface area (Å²) in [4.78, 5) is 25.6. The molecule has 182 valence electrons. The first-order chi connectivity index (χ1) is 17.0. The quantitative estimate of drug-likeness (QED) is 0.171. The number of nitrogens with two attached hydrogens (primary N) is 1. The number of hydrogen-bond donors (Lipinski definition) is 3. The van der Waals surface area contributed by atoms with Crippen LogP contribution in [0.1, 0.15) is 22.3 Å². The third-order valence-corrected chi connectivity index (χ3v) is 5.62. The third kappa shape index (κ3) is 5.86.